The van der Waals surface area contributed by atoms with Gasteiger partial charge in [-0.3, -0.25) is 0 Å². The highest BCUT2D eigenvalue weighted by Gasteiger charge is 2.33. The summed E-state index contributed by atoms with van der Waals surface area (Å²) in [6, 6.07) is 1.87. The van der Waals surface area contributed by atoms with E-state index in [1.54, 1.807) is 0 Å². The van der Waals surface area contributed by atoms with Crippen molar-refractivity contribution in [2.75, 3.05) is 7.11 Å². The van der Waals surface area contributed by atoms with Crippen molar-refractivity contribution in [1.29, 1.82) is 0 Å². The zero-order valence-corrected chi connectivity index (χ0v) is 10.1. The summed E-state index contributed by atoms with van der Waals surface area (Å²) in [4.78, 5) is 11.3. The average Bonchev–Trinajstić information content (AvgIpc) is 2.31. The molecule has 0 amide bonds. The van der Waals surface area contributed by atoms with Gasteiger partial charge in [0.15, 0.2) is 0 Å². The van der Waals surface area contributed by atoms with Crippen molar-refractivity contribution in [3.8, 4) is 5.75 Å². The Labute approximate surface area is 110 Å². The molecule has 5 nitrogen and oxygen atoms in total. The molecule has 9 heteroatoms. The molecule has 104 valence electrons. The van der Waals surface area contributed by atoms with Crippen LogP contribution in [0.3, 0.4) is 0 Å². The lowest BCUT2D eigenvalue weighted by Gasteiger charge is -2.13. The van der Waals surface area contributed by atoms with Crippen LogP contribution in [0.1, 0.15) is 15.9 Å². The summed E-state index contributed by atoms with van der Waals surface area (Å²) in [7, 11) is 1.08. The van der Waals surface area contributed by atoms with Gasteiger partial charge in [0, 0.05) is 0 Å². The van der Waals surface area contributed by atoms with Crippen LogP contribution in [0.5, 0.6) is 5.75 Å². The van der Waals surface area contributed by atoms with E-state index >= 15 is 0 Å². The van der Waals surface area contributed by atoms with E-state index in [9.17, 15) is 18.0 Å². The summed E-state index contributed by atoms with van der Waals surface area (Å²) < 4.78 is 44.6. The molecule has 0 aliphatic carbocycles. The van der Waals surface area contributed by atoms with E-state index in [0.29, 0.717) is 6.21 Å². The molecule has 0 aromatic heterocycles. The first-order chi connectivity index (χ1) is 8.80. The molecule has 1 aromatic rings. The Morgan fingerprint density at radius 2 is 2.11 bits per heavy atom. The Morgan fingerprint density at radius 3 is 2.58 bits per heavy atom. The number of hydrogen-bond donors (Lipinski definition) is 1. The molecule has 0 atom stereocenters. The Hall–Kier alpha value is -1.96. The molecule has 0 unspecified atom stereocenters. The molecule has 1 aromatic carbocycles. The highest BCUT2D eigenvalue weighted by atomic mass is 35.5. The number of oxime groups is 1. The van der Waals surface area contributed by atoms with Crippen LogP contribution in [-0.4, -0.2) is 30.9 Å². The molecule has 0 bridgehead atoms. The Bertz CT molecular complexity index is 516. The molecule has 0 spiro atoms. The van der Waals surface area contributed by atoms with E-state index < -0.39 is 23.6 Å². The van der Waals surface area contributed by atoms with Crippen molar-refractivity contribution >= 4 is 23.8 Å². The van der Waals surface area contributed by atoms with Crippen LogP contribution in [0.4, 0.5) is 13.2 Å². The Kier molecular flexibility index (Phi) is 4.60. The number of halogens is 4. The number of methoxy groups -OCH3 is 1. The number of nitrogens with zero attached hydrogens (tertiary/aromatic N) is 1. The SMILES string of the molecule is COC(=O)c1ccc(OC(F)(F)F)c(C=NO)c1Cl. The zero-order valence-electron chi connectivity index (χ0n) is 9.36. The normalized spacial score (nSPS) is 11.6. The fraction of sp³-hybridized carbons (Fsp3) is 0.200. The number of hydrogen-bond acceptors (Lipinski definition) is 5. The number of rotatable bonds is 3. The van der Waals surface area contributed by atoms with Crippen molar-refractivity contribution in [1.82, 2.24) is 0 Å². The van der Waals surface area contributed by atoms with E-state index in [-0.39, 0.29) is 10.6 Å². The maximum absolute atomic E-state index is 12.2. The second-order valence-corrected chi connectivity index (χ2v) is 3.50. The van der Waals surface area contributed by atoms with Crippen LogP contribution in [0.15, 0.2) is 17.3 Å². The molecule has 0 fully saturated rings. The highest BCUT2D eigenvalue weighted by Crippen LogP contribution is 2.32. The summed E-state index contributed by atoms with van der Waals surface area (Å²) in [5, 5.41) is 10.6. The second-order valence-electron chi connectivity index (χ2n) is 3.12. The lowest BCUT2D eigenvalue weighted by Crippen LogP contribution is -2.18. The predicted octanol–water partition coefficient (Wildman–Crippen LogP) is 2.83. The first kappa shape index (κ1) is 15.1. The third-order valence-electron chi connectivity index (χ3n) is 1.96. The van der Waals surface area contributed by atoms with Gasteiger partial charge in [-0.1, -0.05) is 16.8 Å². The molecule has 0 saturated heterocycles. The monoisotopic (exact) mass is 297 g/mol. The lowest BCUT2D eigenvalue weighted by molar-refractivity contribution is -0.274. The van der Waals surface area contributed by atoms with Crippen molar-refractivity contribution in [2.24, 2.45) is 5.16 Å². The summed E-state index contributed by atoms with van der Waals surface area (Å²) in [6.45, 7) is 0. The predicted molar refractivity (Wildman–Crippen MR) is 58.9 cm³/mol. The van der Waals surface area contributed by atoms with Crippen LogP contribution in [0, 0.1) is 0 Å². The maximum Gasteiger partial charge on any atom is 0.573 e. The molecule has 1 rings (SSSR count). The van der Waals surface area contributed by atoms with Crippen LogP contribution in [0.2, 0.25) is 5.02 Å². The van der Waals surface area contributed by atoms with Gasteiger partial charge in [-0.15, -0.1) is 13.2 Å². The number of alkyl halides is 3. The summed E-state index contributed by atoms with van der Waals surface area (Å²) in [5.74, 6) is -1.56. The van der Waals surface area contributed by atoms with Gasteiger partial charge in [-0.2, -0.15) is 0 Å². The minimum absolute atomic E-state index is 0.186. The number of carbonyl (C=O) groups excluding carboxylic acids is 1. The number of benzene rings is 1. The van der Waals surface area contributed by atoms with Crippen molar-refractivity contribution in [3.63, 3.8) is 0 Å². The van der Waals surface area contributed by atoms with Gasteiger partial charge in [0.05, 0.1) is 29.5 Å². The molecule has 0 heterocycles. The Balaban J connectivity index is 3.35. The van der Waals surface area contributed by atoms with E-state index in [2.05, 4.69) is 14.6 Å². The summed E-state index contributed by atoms with van der Waals surface area (Å²) in [6.07, 6.45) is -4.33. The number of carbonyl (C=O) groups is 1. The van der Waals surface area contributed by atoms with Crippen LogP contribution in [-0.2, 0) is 4.74 Å². The molecule has 0 saturated carbocycles. The molecule has 1 N–H and O–H groups in total. The van der Waals surface area contributed by atoms with E-state index in [4.69, 9.17) is 16.8 Å². The molecular weight excluding hydrogens is 291 g/mol. The smallest absolute Gasteiger partial charge is 0.465 e. The summed E-state index contributed by atoms with van der Waals surface area (Å²) in [5.41, 5.74) is -0.585. The van der Waals surface area contributed by atoms with Gasteiger partial charge in [0.2, 0.25) is 0 Å². The Morgan fingerprint density at radius 1 is 1.47 bits per heavy atom. The minimum atomic E-state index is -4.95. The van der Waals surface area contributed by atoms with E-state index in [1.165, 1.54) is 0 Å². The minimum Gasteiger partial charge on any atom is -0.465 e. The second kappa shape index (κ2) is 5.79. The van der Waals surface area contributed by atoms with Crippen molar-refractivity contribution < 1.29 is 32.6 Å². The van der Waals surface area contributed by atoms with Gasteiger partial charge in [-0.25, -0.2) is 4.79 Å². The third kappa shape index (κ3) is 3.75. The van der Waals surface area contributed by atoms with Gasteiger partial charge >= 0.3 is 12.3 Å². The molecule has 0 aliphatic rings. The zero-order chi connectivity index (χ0) is 14.6. The first-order valence-corrected chi connectivity index (χ1v) is 5.02. The number of ether oxygens (including phenoxy) is 2. The fourth-order valence-corrected chi connectivity index (χ4v) is 1.52. The van der Waals surface area contributed by atoms with E-state index in [1.807, 2.05) is 0 Å². The van der Waals surface area contributed by atoms with Crippen LogP contribution in [0.25, 0.3) is 0 Å². The van der Waals surface area contributed by atoms with E-state index in [0.717, 1.165) is 19.2 Å². The topological polar surface area (TPSA) is 68.1 Å². The molecule has 0 aliphatic heterocycles. The fourth-order valence-electron chi connectivity index (χ4n) is 1.23. The average molecular weight is 298 g/mol. The standard InChI is InChI=1S/C10H7ClF3NO4/c1-18-9(16)5-2-3-7(19-10(12,13)14)6(4-15-17)8(5)11/h2-4,17H,1H3. The first-order valence-electron chi connectivity index (χ1n) is 4.64. The van der Waals surface area contributed by atoms with Gasteiger partial charge < -0.3 is 14.7 Å². The van der Waals surface area contributed by atoms with Crippen LogP contribution >= 0.6 is 11.6 Å². The largest absolute Gasteiger partial charge is 0.573 e. The van der Waals surface area contributed by atoms with Crippen molar-refractivity contribution in [2.45, 2.75) is 6.36 Å². The third-order valence-corrected chi connectivity index (χ3v) is 2.36. The highest BCUT2D eigenvalue weighted by molar-refractivity contribution is 6.36. The summed E-state index contributed by atoms with van der Waals surface area (Å²) >= 11 is 5.74. The van der Waals surface area contributed by atoms with Crippen molar-refractivity contribution in [3.05, 3.63) is 28.3 Å². The lowest BCUT2D eigenvalue weighted by atomic mass is 10.1. The number of esters is 1. The molecule has 0 radical (unpaired) electrons. The van der Waals surface area contributed by atoms with Crippen LogP contribution < -0.4 is 4.74 Å². The molecular formula is C10H7ClF3NO4. The molecule has 19 heavy (non-hydrogen) atoms. The maximum atomic E-state index is 12.2. The van der Waals surface area contributed by atoms with Gasteiger partial charge in [0.25, 0.3) is 0 Å². The van der Waals surface area contributed by atoms with Gasteiger partial charge in [-0.05, 0) is 12.1 Å². The van der Waals surface area contributed by atoms with Gasteiger partial charge in [0.1, 0.15) is 5.75 Å². The quantitative estimate of drug-likeness (QED) is 0.403.